The van der Waals surface area contributed by atoms with Crippen LogP contribution in [0.15, 0.2) is 29.3 Å². The Bertz CT molecular complexity index is 513. The Balaban J connectivity index is 2.13. The normalized spacial score (nSPS) is 10.2. The average Bonchev–Trinajstić information content (AvgIpc) is 2.81. The minimum atomic E-state index is -0.124. The van der Waals surface area contributed by atoms with Crippen LogP contribution in [0.3, 0.4) is 0 Å². The number of carbonyl (C=O) groups is 1. The van der Waals surface area contributed by atoms with E-state index in [2.05, 4.69) is 36.1 Å². The molecule has 0 spiro atoms. The van der Waals surface area contributed by atoms with Crippen molar-refractivity contribution in [3.05, 3.63) is 40.6 Å². The standard InChI is InChI=1S/C10H10BrN5O/c1-16(5-8-13-6-14-15-8)10(17)7-3-2-4-12-9(7)11/h2-4,6H,5H2,1H3,(H,13,14,15). The summed E-state index contributed by atoms with van der Waals surface area (Å²) in [5.41, 5.74) is 0.523. The van der Waals surface area contributed by atoms with Gasteiger partial charge in [-0.1, -0.05) is 0 Å². The lowest BCUT2D eigenvalue weighted by atomic mass is 10.2. The molecule has 0 bridgehead atoms. The third-order valence-corrected chi connectivity index (χ3v) is 2.82. The summed E-state index contributed by atoms with van der Waals surface area (Å²) in [6, 6.07) is 3.44. The van der Waals surface area contributed by atoms with E-state index in [9.17, 15) is 4.79 Å². The molecule has 0 aliphatic carbocycles. The number of nitrogens with zero attached hydrogens (tertiary/aromatic N) is 4. The molecule has 0 aromatic carbocycles. The van der Waals surface area contributed by atoms with Crippen molar-refractivity contribution in [1.29, 1.82) is 0 Å². The van der Waals surface area contributed by atoms with Crippen molar-refractivity contribution < 1.29 is 4.79 Å². The second-order valence-corrected chi connectivity index (χ2v) is 4.19. The highest BCUT2D eigenvalue weighted by molar-refractivity contribution is 9.10. The Morgan fingerprint density at radius 2 is 2.35 bits per heavy atom. The fraction of sp³-hybridized carbons (Fsp3) is 0.200. The van der Waals surface area contributed by atoms with Crippen molar-refractivity contribution in [3.63, 3.8) is 0 Å². The van der Waals surface area contributed by atoms with Gasteiger partial charge in [-0.2, -0.15) is 5.10 Å². The monoisotopic (exact) mass is 295 g/mol. The van der Waals surface area contributed by atoms with Gasteiger partial charge in [0.05, 0.1) is 12.1 Å². The number of H-pyrrole nitrogens is 1. The van der Waals surface area contributed by atoms with Crippen molar-refractivity contribution in [3.8, 4) is 0 Å². The number of carbonyl (C=O) groups excluding carboxylic acids is 1. The Morgan fingerprint density at radius 3 is 3.00 bits per heavy atom. The summed E-state index contributed by atoms with van der Waals surface area (Å²) in [4.78, 5) is 21.6. The van der Waals surface area contributed by atoms with Gasteiger partial charge in [0.2, 0.25) is 0 Å². The molecular formula is C10H10BrN5O. The number of aromatic nitrogens is 4. The van der Waals surface area contributed by atoms with Gasteiger partial charge < -0.3 is 4.90 Å². The highest BCUT2D eigenvalue weighted by Crippen LogP contribution is 2.14. The SMILES string of the molecule is CN(Cc1ncn[nH]1)C(=O)c1cccnc1Br. The van der Waals surface area contributed by atoms with Gasteiger partial charge in [-0.25, -0.2) is 9.97 Å². The fourth-order valence-corrected chi connectivity index (χ4v) is 1.77. The first kappa shape index (κ1) is 11.7. The smallest absolute Gasteiger partial charge is 0.256 e. The summed E-state index contributed by atoms with van der Waals surface area (Å²) >= 11 is 3.25. The first-order valence-electron chi connectivity index (χ1n) is 4.88. The van der Waals surface area contributed by atoms with E-state index in [0.29, 0.717) is 22.5 Å². The van der Waals surface area contributed by atoms with Crippen LogP contribution in [0, 0.1) is 0 Å². The van der Waals surface area contributed by atoms with Crippen molar-refractivity contribution in [1.82, 2.24) is 25.1 Å². The first-order valence-corrected chi connectivity index (χ1v) is 5.68. The largest absolute Gasteiger partial charge is 0.334 e. The molecule has 88 valence electrons. The maximum absolute atomic E-state index is 12.1. The van der Waals surface area contributed by atoms with Crippen LogP contribution < -0.4 is 0 Å². The summed E-state index contributed by atoms with van der Waals surface area (Å²) in [5, 5.41) is 6.44. The van der Waals surface area contributed by atoms with Crippen LogP contribution in [-0.4, -0.2) is 38.0 Å². The zero-order valence-electron chi connectivity index (χ0n) is 9.09. The van der Waals surface area contributed by atoms with E-state index < -0.39 is 0 Å². The topological polar surface area (TPSA) is 74.8 Å². The van der Waals surface area contributed by atoms with E-state index in [1.54, 1.807) is 30.3 Å². The van der Waals surface area contributed by atoms with Gasteiger partial charge >= 0.3 is 0 Å². The van der Waals surface area contributed by atoms with Gasteiger partial charge in [0.1, 0.15) is 16.8 Å². The van der Waals surface area contributed by atoms with Gasteiger partial charge in [0.15, 0.2) is 0 Å². The fourth-order valence-electron chi connectivity index (χ4n) is 1.35. The Morgan fingerprint density at radius 1 is 1.53 bits per heavy atom. The molecule has 2 rings (SSSR count). The maximum Gasteiger partial charge on any atom is 0.256 e. The van der Waals surface area contributed by atoms with E-state index in [1.165, 1.54) is 6.33 Å². The number of nitrogens with one attached hydrogen (secondary N) is 1. The van der Waals surface area contributed by atoms with E-state index in [0.717, 1.165) is 0 Å². The van der Waals surface area contributed by atoms with Gasteiger partial charge in [-0.15, -0.1) is 0 Å². The van der Waals surface area contributed by atoms with Crippen molar-refractivity contribution in [2.24, 2.45) is 0 Å². The average molecular weight is 296 g/mol. The molecule has 6 nitrogen and oxygen atoms in total. The number of aromatic amines is 1. The molecule has 0 radical (unpaired) electrons. The van der Waals surface area contributed by atoms with E-state index in [-0.39, 0.29) is 5.91 Å². The molecule has 7 heteroatoms. The lowest BCUT2D eigenvalue weighted by molar-refractivity contribution is 0.0780. The zero-order valence-corrected chi connectivity index (χ0v) is 10.7. The molecule has 1 amide bonds. The summed E-state index contributed by atoms with van der Waals surface area (Å²) in [6.45, 7) is 0.375. The Hall–Kier alpha value is -1.76. The minimum Gasteiger partial charge on any atom is -0.334 e. The van der Waals surface area contributed by atoms with Crippen molar-refractivity contribution in [2.75, 3.05) is 7.05 Å². The molecule has 2 aromatic rings. The summed E-state index contributed by atoms with van der Waals surface area (Å²) < 4.78 is 0.536. The first-order chi connectivity index (χ1) is 8.18. The second-order valence-electron chi connectivity index (χ2n) is 3.44. The third kappa shape index (κ3) is 2.68. The number of hydrogen-bond acceptors (Lipinski definition) is 4. The minimum absolute atomic E-state index is 0.124. The molecule has 0 atom stereocenters. The van der Waals surface area contributed by atoms with Crippen LogP contribution >= 0.6 is 15.9 Å². The van der Waals surface area contributed by atoms with Crippen LogP contribution in [0.4, 0.5) is 0 Å². The van der Waals surface area contributed by atoms with E-state index >= 15 is 0 Å². The molecule has 0 aliphatic rings. The predicted molar refractivity (Wildman–Crippen MR) is 64.1 cm³/mol. The molecule has 0 saturated heterocycles. The Kier molecular flexibility index (Phi) is 3.48. The molecule has 0 fully saturated rings. The summed E-state index contributed by atoms with van der Waals surface area (Å²) in [6.07, 6.45) is 3.03. The lowest BCUT2D eigenvalue weighted by Gasteiger charge is -2.15. The second kappa shape index (κ2) is 5.05. The quantitative estimate of drug-likeness (QED) is 0.865. The number of amides is 1. The molecule has 0 saturated carbocycles. The molecule has 1 N–H and O–H groups in total. The van der Waals surface area contributed by atoms with Gasteiger partial charge in [-0.3, -0.25) is 9.89 Å². The zero-order chi connectivity index (χ0) is 12.3. The van der Waals surface area contributed by atoms with E-state index in [4.69, 9.17) is 0 Å². The number of pyridine rings is 1. The molecule has 2 heterocycles. The van der Waals surface area contributed by atoms with Crippen LogP contribution in [0.5, 0.6) is 0 Å². The van der Waals surface area contributed by atoms with Gasteiger partial charge in [-0.05, 0) is 28.1 Å². The van der Waals surface area contributed by atoms with Crippen LogP contribution in [0.1, 0.15) is 16.2 Å². The van der Waals surface area contributed by atoms with E-state index in [1.807, 2.05) is 0 Å². The Labute approximate surface area is 106 Å². The summed E-state index contributed by atoms with van der Waals surface area (Å²) in [5.74, 6) is 0.516. The maximum atomic E-state index is 12.1. The number of rotatable bonds is 3. The van der Waals surface area contributed by atoms with Crippen LogP contribution in [-0.2, 0) is 6.54 Å². The highest BCUT2D eigenvalue weighted by atomic mass is 79.9. The van der Waals surface area contributed by atoms with Crippen LogP contribution in [0.2, 0.25) is 0 Å². The van der Waals surface area contributed by atoms with Crippen molar-refractivity contribution in [2.45, 2.75) is 6.54 Å². The van der Waals surface area contributed by atoms with Crippen molar-refractivity contribution >= 4 is 21.8 Å². The summed E-state index contributed by atoms with van der Waals surface area (Å²) in [7, 11) is 1.70. The molecule has 0 unspecified atom stereocenters. The third-order valence-electron chi connectivity index (χ3n) is 2.19. The predicted octanol–water partition coefficient (Wildman–Crippen LogP) is 1.23. The number of halogens is 1. The van der Waals surface area contributed by atoms with Crippen LogP contribution in [0.25, 0.3) is 0 Å². The highest BCUT2D eigenvalue weighted by Gasteiger charge is 2.16. The lowest BCUT2D eigenvalue weighted by Crippen LogP contribution is -2.27. The molecular weight excluding hydrogens is 286 g/mol. The molecule has 0 aliphatic heterocycles. The molecule has 17 heavy (non-hydrogen) atoms. The van der Waals surface area contributed by atoms with Gasteiger partial charge in [0, 0.05) is 13.2 Å². The van der Waals surface area contributed by atoms with Gasteiger partial charge in [0.25, 0.3) is 5.91 Å². The number of hydrogen-bond donors (Lipinski definition) is 1. The molecule has 2 aromatic heterocycles.